The number of esters is 1. The number of hydrogen-bond donors (Lipinski definition) is 0. The molecular weight excluding hydrogens is 508 g/mol. The summed E-state index contributed by atoms with van der Waals surface area (Å²) in [5.74, 6) is -0.222. The number of carbonyl (C=O) groups is 1. The highest BCUT2D eigenvalue weighted by atomic mass is 79.9. The Bertz CT molecular complexity index is 1320. The zero-order valence-corrected chi connectivity index (χ0v) is 20.4. The number of ether oxygens (including phenoxy) is 2. The second-order valence-electron chi connectivity index (χ2n) is 7.30. The normalized spacial score (nSPS) is 12.1. The molecule has 0 N–H and O–H groups in total. The predicted octanol–water partition coefficient (Wildman–Crippen LogP) is 4.23. The Morgan fingerprint density at radius 1 is 1.29 bits per heavy atom. The molecule has 0 unspecified atom stereocenters. The minimum Gasteiger partial charge on any atom is -0.472 e. The van der Waals surface area contributed by atoms with Crippen molar-refractivity contribution in [3.8, 4) is 5.75 Å². The van der Waals surface area contributed by atoms with Crippen molar-refractivity contribution in [2.75, 3.05) is 6.61 Å². The van der Waals surface area contributed by atoms with Crippen molar-refractivity contribution >= 4 is 44.7 Å². The highest BCUT2D eigenvalue weighted by Crippen LogP contribution is 2.28. The van der Waals surface area contributed by atoms with E-state index in [9.17, 15) is 19.7 Å². The molecule has 0 aliphatic heterocycles. The fourth-order valence-electron chi connectivity index (χ4n) is 3.18. The molecule has 178 valence electrons. The maximum atomic E-state index is 13.1. The van der Waals surface area contributed by atoms with Crippen molar-refractivity contribution in [2.45, 2.75) is 39.7 Å². The molecule has 0 radical (unpaired) electrons. The van der Waals surface area contributed by atoms with Crippen LogP contribution in [0.1, 0.15) is 38.6 Å². The van der Waals surface area contributed by atoms with E-state index in [-0.39, 0.29) is 23.6 Å². The Balaban J connectivity index is 1.99. The SMILES string of the molecule is CCCc1nc2ccc(Br)cc2c(=O)n1N=Cc1ccc(O[C@H](C)C(=O)OCC)c([N+](=O)[O-])c1. The average Bonchev–Trinajstić information content (AvgIpc) is 2.80. The summed E-state index contributed by atoms with van der Waals surface area (Å²) in [6, 6.07) is 9.41. The number of benzene rings is 2. The van der Waals surface area contributed by atoms with E-state index >= 15 is 0 Å². The molecule has 0 aliphatic rings. The van der Waals surface area contributed by atoms with Gasteiger partial charge in [0.15, 0.2) is 11.9 Å². The summed E-state index contributed by atoms with van der Waals surface area (Å²) in [5.41, 5.74) is 0.244. The van der Waals surface area contributed by atoms with Crippen molar-refractivity contribution in [3.05, 3.63) is 72.7 Å². The lowest BCUT2D eigenvalue weighted by Crippen LogP contribution is -2.26. The maximum absolute atomic E-state index is 13.1. The lowest BCUT2D eigenvalue weighted by atomic mass is 10.2. The van der Waals surface area contributed by atoms with E-state index in [1.807, 2.05) is 13.0 Å². The van der Waals surface area contributed by atoms with Gasteiger partial charge in [-0.05, 0) is 50.6 Å². The third-order valence-corrected chi connectivity index (χ3v) is 5.27. The first-order valence-electron chi connectivity index (χ1n) is 10.6. The molecule has 1 atom stereocenters. The number of halogens is 1. The van der Waals surface area contributed by atoms with Crippen LogP contribution in [0.25, 0.3) is 10.9 Å². The van der Waals surface area contributed by atoms with E-state index in [1.54, 1.807) is 25.1 Å². The molecule has 0 bridgehead atoms. The Kier molecular flexibility index (Phi) is 8.11. The third-order valence-electron chi connectivity index (χ3n) is 4.77. The molecule has 3 rings (SSSR count). The third kappa shape index (κ3) is 5.66. The molecule has 3 aromatic rings. The van der Waals surface area contributed by atoms with Crippen molar-refractivity contribution in [2.24, 2.45) is 5.10 Å². The molecule has 0 saturated heterocycles. The number of aryl methyl sites for hydroxylation is 1. The summed E-state index contributed by atoms with van der Waals surface area (Å²) in [6.07, 6.45) is 1.60. The molecular formula is C23H23BrN4O6. The summed E-state index contributed by atoms with van der Waals surface area (Å²) >= 11 is 3.36. The van der Waals surface area contributed by atoms with Gasteiger partial charge in [0.2, 0.25) is 0 Å². The van der Waals surface area contributed by atoms with Crippen LogP contribution in [0.4, 0.5) is 5.69 Å². The molecule has 2 aromatic carbocycles. The molecule has 0 aliphatic carbocycles. The maximum Gasteiger partial charge on any atom is 0.347 e. The number of nitrogens with zero attached hydrogens (tertiary/aromatic N) is 4. The van der Waals surface area contributed by atoms with E-state index in [0.29, 0.717) is 28.7 Å². The number of nitro benzene ring substituents is 1. The van der Waals surface area contributed by atoms with Gasteiger partial charge in [-0.2, -0.15) is 9.78 Å². The van der Waals surface area contributed by atoms with Crippen molar-refractivity contribution in [1.29, 1.82) is 0 Å². The zero-order chi connectivity index (χ0) is 24.8. The van der Waals surface area contributed by atoms with Gasteiger partial charge in [0.1, 0.15) is 5.82 Å². The zero-order valence-electron chi connectivity index (χ0n) is 18.9. The highest BCUT2D eigenvalue weighted by Gasteiger charge is 2.22. The highest BCUT2D eigenvalue weighted by molar-refractivity contribution is 9.10. The molecule has 34 heavy (non-hydrogen) atoms. The molecule has 0 amide bonds. The van der Waals surface area contributed by atoms with Gasteiger partial charge in [-0.15, -0.1) is 0 Å². The fraction of sp³-hybridized carbons (Fsp3) is 0.304. The number of carbonyl (C=O) groups excluding carboxylic acids is 1. The van der Waals surface area contributed by atoms with Crippen molar-refractivity contribution in [1.82, 2.24) is 9.66 Å². The van der Waals surface area contributed by atoms with Gasteiger partial charge in [-0.3, -0.25) is 14.9 Å². The number of fused-ring (bicyclic) bond motifs is 1. The van der Waals surface area contributed by atoms with Gasteiger partial charge in [0.25, 0.3) is 5.56 Å². The summed E-state index contributed by atoms with van der Waals surface area (Å²) in [6.45, 7) is 5.24. The first kappa shape index (κ1) is 25.0. The molecule has 1 heterocycles. The summed E-state index contributed by atoms with van der Waals surface area (Å²) < 4.78 is 12.3. The molecule has 1 aromatic heterocycles. The molecule has 10 nitrogen and oxygen atoms in total. The minimum absolute atomic E-state index is 0.0798. The van der Waals surface area contributed by atoms with E-state index in [4.69, 9.17) is 9.47 Å². The van der Waals surface area contributed by atoms with Crippen LogP contribution in [0.3, 0.4) is 0 Å². The second kappa shape index (κ2) is 11.0. The van der Waals surface area contributed by atoms with Crippen LogP contribution >= 0.6 is 15.9 Å². The van der Waals surface area contributed by atoms with Gasteiger partial charge in [-0.25, -0.2) is 9.78 Å². The van der Waals surface area contributed by atoms with Gasteiger partial charge in [0, 0.05) is 22.5 Å². The predicted molar refractivity (Wildman–Crippen MR) is 131 cm³/mol. The molecule has 11 heteroatoms. The number of nitro groups is 1. The fourth-order valence-corrected chi connectivity index (χ4v) is 3.54. The van der Waals surface area contributed by atoms with Gasteiger partial charge in [0.05, 0.1) is 28.6 Å². The standard InChI is InChI=1S/C23H23BrN4O6/c1-4-6-21-26-18-9-8-16(24)12-17(18)22(29)27(21)25-13-15-7-10-20(19(11-15)28(31)32)34-14(3)23(30)33-5-2/h7-14H,4-6H2,1-3H3/t14-/m1/s1. The number of hydrogen-bond acceptors (Lipinski definition) is 8. The second-order valence-corrected chi connectivity index (χ2v) is 8.21. The largest absolute Gasteiger partial charge is 0.472 e. The van der Waals surface area contributed by atoms with Crippen molar-refractivity contribution in [3.63, 3.8) is 0 Å². The Morgan fingerprint density at radius 2 is 2.06 bits per heavy atom. The van der Waals surface area contributed by atoms with Gasteiger partial charge >= 0.3 is 11.7 Å². The van der Waals surface area contributed by atoms with E-state index in [1.165, 1.54) is 29.9 Å². The lowest BCUT2D eigenvalue weighted by molar-refractivity contribution is -0.386. The van der Waals surface area contributed by atoms with E-state index < -0.39 is 17.0 Å². The molecule has 0 saturated carbocycles. The topological polar surface area (TPSA) is 126 Å². The van der Waals surface area contributed by atoms with Crippen LogP contribution in [0.15, 0.2) is 50.8 Å². The molecule has 0 spiro atoms. The quantitative estimate of drug-likeness (QED) is 0.175. The Morgan fingerprint density at radius 3 is 2.74 bits per heavy atom. The van der Waals surface area contributed by atoms with Gasteiger partial charge in [-0.1, -0.05) is 22.9 Å². The number of aromatic nitrogens is 2. The van der Waals surface area contributed by atoms with Crippen LogP contribution in [0.2, 0.25) is 0 Å². The Labute approximate surface area is 203 Å². The first-order valence-corrected chi connectivity index (χ1v) is 11.4. The van der Waals surface area contributed by atoms with Gasteiger partial charge < -0.3 is 9.47 Å². The van der Waals surface area contributed by atoms with Crippen LogP contribution in [-0.4, -0.2) is 39.5 Å². The lowest BCUT2D eigenvalue weighted by Gasteiger charge is -2.13. The summed E-state index contributed by atoms with van der Waals surface area (Å²) in [5, 5.41) is 16.3. The average molecular weight is 531 g/mol. The van der Waals surface area contributed by atoms with Crippen molar-refractivity contribution < 1.29 is 19.2 Å². The Hall–Kier alpha value is -3.60. The smallest absolute Gasteiger partial charge is 0.347 e. The van der Waals surface area contributed by atoms with E-state index in [0.717, 1.165) is 10.9 Å². The summed E-state index contributed by atoms with van der Waals surface area (Å²) in [7, 11) is 0. The first-order chi connectivity index (χ1) is 16.2. The summed E-state index contributed by atoms with van der Waals surface area (Å²) in [4.78, 5) is 40.4. The van der Waals surface area contributed by atoms with Crippen LogP contribution in [0, 0.1) is 10.1 Å². The number of rotatable bonds is 9. The van der Waals surface area contributed by atoms with Crippen LogP contribution in [-0.2, 0) is 16.0 Å². The molecule has 0 fully saturated rings. The van der Waals surface area contributed by atoms with E-state index in [2.05, 4.69) is 26.0 Å². The van der Waals surface area contributed by atoms with Crippen LogP contribution in [0.5, 0.6) is 5.75 Å². The minimum atomic E-state index is -1.02. The van der Waals surface area contributed by atoms with Crippen LogP contribution < -0.4 is 10.3 Å². The monoisotopic (exact) mass is 530 g/mol.